The van der Waals surface area contributed by atoms with Crippen LogP contribution in [0.1, 0.15) is 12.6 Å². The Morgan fingerprint density at radius 2 is 2.05 bits per heavy atom. The highest BCUT2D eigenvalue weighted by atomic mass is 32.2. The molecule has 1 N–H and O–H groups in total. The second kappa shape index (κ2) is 5.00. The van der Waals surface area contributed by atoms with Gasteiger partial charge in [0.2, 0.25) is 0 Å². The lowest BCUT2D eigenvalue weighted by atomic mass is 10.3. The molecular weight excluding hydrogens is 269 g/mol. The van der Waals surface area contributed by atoms with E-state index in [0.717, 1.165) is 6.07 Å². The SMILES string of the molecule is CCc1nn(C)cc1NS(=O)(=O)c1ccccc1F. The third-order valence-electron chi connectivity index (χ3n) is 2.61. The fraction of sp³-hybridized carbons (Fsp3) is 0.250. The van der Waals surface area contributed by atoms with E-state index in [9.17, 15) is 12.8 Å². The first kappa shape index (κ1) is 13.5. The zero-order valence-electron chi connectivity index (χ0n) is 10.6. The molecule has 0 aliphatic carbocycles. The molecule has 0 unspecified atom stereocenters. The zero-order chi connectivity index (χ0) is 14.0. The molecule has 2 aromatic rings. The van der Waals surface area contributed by atoms with Crippen LogP contribution < -0.4 is 4.72 Å². The number of anilines is 1. The topological polar surface area (TPSA) is 64.0 Å². The predicted molar refractivity (Wildman–Crippen MR) is 69.8 cm³/mol. The molecule has 102 valence electrons. The molecule has 0 spiro atoms. The van der Waals surface area contributed by atoms with E-state index >= 15 is 0 Å². The summed E-state index contributed by atoms with van der Waals surface area (Å²) in [6.07, 6.45) is 2.13. The van der Waals surface area contributed by atoms with Crippen LogP contribution in [-0.2, 0) is 23.5 Å². The normalized spacial score (nSPS) is 11.5. The van der Waals surface area contributed by atoms with Gasteiger partial charge in [0, 0.05) is 13.2 Å². The van der Waals surface area contributed by atoms with Crippen molar-refractivity contribution in [3.63, 3.8) is 0 Å². The number of rotatable bonds is 4. The lowest BCUT2D eigenvalue weighted by Crippen LogP contribution is -2.15. The van der Waals surface area contributed by atoms with Crippen LogP contribution in [0.25, 0.3) is 0 Å². The van der Waals surface area contributed by atoms with Gasteiger partial charge >= 0.3 is 0 Å². The van der Waals surface area contributed by atoms with Crippen molar-refractivity contribution >= 4 is 15.7 Å². The largest absolute Gasteiger partial charge is 0.276 e. The molecule has 1 aromatic heterocycles. The number of nitrogens with zero attached hydrogens (tertiary/aromatic N) is 2. The number of halogens is 1. The summed E-state index contributed by atoms with van der Waals surface area (Å²) in [5.74, 6) is -0.781. The van der Waals surface area contributed by atoms with Gasteiger partial charge < -0.3 is 0 Å². The van der Waals surface area contributed by atoms with Crippen molar-refractivity contribution in [3.05, 3.63) is 42.0 Å². The number of sulfonamides is 1. The maximum atomic E-state index is 13.5. The molecule has 7 heteroatoms. The maximum Gasteiger partial charge on any atom is 0.264 e. The number of hydrogen-bond donors (Lipinski definition) is 1. The van der Waals surface area contributed by atoms with Gasteiger partial charge in [-0.25, -0.2) is 12.8 Å². The minimum atomic E-state index is -3.94. The molecule has 0 bridgehead atoms. The Labute approximate surface area is 111 Å². The summed E-state index contributed by atoms with van der Waals surface area (Å²) in [6, 6.07) is 5.25. The van der Waals surface area contributed by atoms with Crippen molar-refractivity contribution in [1.29, 1.82) is 0 Å². The molecule has 5 nitrogen and oxygen atoms in total. The molecule has 1 heterocycles. The van der Waals surface area contributed by atoms with E-state index < -0.39 is 15.8 Å². The van der Waals surface area contributed by atoms with Gasteiger partial charge in [-0.15, -0.1) is 0 Å². The number of hydrogen-bond acceptors (Lipinski definition) is 3. The highest BCUT2D eigenvalue weighted by molar-refractivity contribution is 7.92. The van der Waals surface area contributed by atoms with E-state index in [1.165, 1.54) is 22.9 Å². The maximum absolute atomic E-state index is 13.5. The molecule has 0 fully saturated rings. The lowest BCUT2D eigenvalue weighted by Gasteiger charge is -2.07. The van der Waals surface area contributed by atoms with Gasteiger partial charge in [0.1, 0.15) is 10.7 Å². The van der Waals surface area contributed by atoms with Gasteiger partial charge in [0.15, 0.2) is 0 Å². The molecule has 0 radical (unpaired) electrons. The molecule has 0 atom stereocenters. The number of aryl methyl sites for hydroxylation is 2. The van der Waals surface area contributed by atoms with Crippen LogP contribution in [0.15, 0.2) is 35.4 Å². The Balaban J connectivity index is 2.39. The van der Waals surface area contributed by atoms with Crippen molar-refractivity contribution in [2.45, 2.75) is 18.2 Å². The fourth-order valence-corrected chi connectivity index (χ4v) is 2.90. The first-order valence-electron chi connectivity index (χ1n) is 5.74. The highest BCUT2D eigenvalue weighted by Crippen LogP contribution is 2.21. The first-order chi connectivity index (χ1) is 8.94. The summed E-state index contributed by atoms with van der Waals surface area (Å²) < 4.78 is 41.6. The molecule has 2 rings (SSSR count). The van der Waals surface area contributed by atoms with Crippen molar-refractivity contribution in [1.82, 2.24) is 9.78 Å². The summed E-state index contributed by atoms with van der Waals surface area (Å²) in [4.78, 5) is -0.374. The van der Waals surface area contributed by atoms with E-state index in [1.807, 2.05) is 6.92 Å². The lowest BCUT2D eigenvalue weighted by molar-refractivity contribution is 0.570. The first-order valence-corrected chi connectivity index (χ1v) is 7.22. The smallest absolute Gasteiger partial charge is 0.264 e. The monoisotopic (exact) mass is 283 g/mol. The average Bonchev–Trinajstić information content (AvgIpc) is 2.69. The quantitative estimate of drug-likeness (QED) is 0.932. The van der Waals surface area contributed by atoms with Gasteiger partial charge in [-0.3, -0.25) is 9.40 Å². The molecule has 0 saturated carbocycles. The van der Waals surface area contributed by atoms with Crippen LogP contribution in [0.5, 0.6) is 0 Å². The van der Waals surface area contributed by atoms with Gasteiger partial charge in [-0.1, -0.05) is 19.1 Å². The van der Waals surface area contributed by atoms with E-state index in [1.54, 1.807) is 13.2 Å². The molecule has 1 aromatic carbocycles. The van der Waals surface area contributed by atoms with E-state index in [-0.39, 0.29) is 4.90 Å². The van der Waals surface area contributed by atoms with Gasteiger partial charge in [-0.2, -0.15) is 5.10 Å². The second-order valence-corrected chi connectivity index (χ2v) is 5.70. The summed E-state index contributed by atoms with van der Waals surface area (Å²) in [6.45, 7) is 1.86. The summed E-state index contributed by atoms with van der Waals surface area (Å²) in [5, 5.41) is 4.13. The summed E-state index contributed by atoms with van der Waals surface area (Å²) in [5.41, 5.74) is 0.982. The van der Waals surface area contributed by atoms with Gasteiger partial charge in [0.05, 0.1) is 11.4 Å². The van der Waals surface area contributed by atoms with E-state index in [0.29, 0.717) is 17.8 Å². The van der Waals surface area contributed by atoms with Crippen molar-refractivity contribution in [2.75, 3.05) is 4.72 Å². The van der Waals surface area contributed by atoms with Gasteiger partial charge in [0.25, 0.3) is 10.0 Å². The van der Waals surface area contributed by atoms with Crippen molar-refractivity contribution in [2.24, 2.45) is 7.05 Å². The third kappa shape index (κ3) is 2.76. The average molecular weight is 283 g/mol. The predicted octanol–water partition coefficient (Wildman–Crippen LogP) is 1.92. The molecular formula is C12H14FN3O2S. The zero-order valence-corrected chi connectivity index (χ0v) is 11.4. The molecule has 0 aliphatic rings. The van der Waals surface area contributed by atoms with Crippen LogP contribution in [0, 0.1) is 5.82 Å². The Bertz CT molecular complexity index is 695. The Morgan fingerprint density at radius 1 is 1.37 bits per heavy atom. The second-order valence-electron chi connectivity index (χ2n) is 4.05. The minimum absolute atomic E-state index is 0.369. The molecule has 0 amide bonds. The molecule has 19 heavy (non-hydrogen) atoms. The summed E-state index contributed by atoms with van der Waals surface area (Å²) >= 11 is 0. The van der Waals surface area contributed by atoms with Crippen LogP contribution in [0.4, 0.5) is 10.1 Å². The molecule has 0 saturated heterocycles. The van der Waals surface area contributed by atoms with Crippen molar-refractivity contribution < 1.29 is 12.8 Å². The highest BCUT2D eigenvalue weighted by Gasteiger charge is 2.20. The standard InChI is InChI=1S/C12H14FN3O2S/c1-3-10-11(8-16(2)14-10)15-19(17,18)12-7-5-4-6-9(12)13/h4-8,15H,3H2,1-2H3. The summed E-state index contributed by atoms with van der Waals surface area (Å²) in [7, 11) is -2.25. The number of nitrogens with one attached hydrogen (secondary N) is 1. The van der Waals surface area contributed by atoms with Crippen LogP contribution in [0.3, 0.4) is 0 Å². The Hall–Kier alpha value is -1.89. The molecule has 0 aliphatic heterocycles. The number of aromatic nitrogens is 2. The minimum Gasteiger partial charge on any atom is -0.276 e. The number of benzene rings is 1. The van der Waals surface area contributed by atoms with E-state index in [4.69, 9.17) is 0 Å². The van der Waals surface area contributed by atoms with Crippen LogP contribution in [0.2, 0.25) is 0 Å². The van der Waals surface area contributed by atoms with E-state index in [2.05, 4.69) is 9.82 Å². The fourth-order valence-electron chi connectivity index (χ4n) is 1.74. The Kier molecular flexibility index (Phi) is 3.57. The van der Waals surface area contributed by atoms with Crippen molar-refractivity contribution in [3.8, 4) is 0 Å². The Morgan fingerprint density at radius 3 is 2.68 bits per heavy atom. The van der Waals surface area contributed by atoms with Crippen LogP contribution in [-0.4, -0.2) is 18.2 Å². The van der Waals surface area contributed by atoms with Crippen LogP contribution >= 0.6 is 0 Å². The third-order valence-corrected chi connectivity index (χ3v) is 4.01. The van der Waals surface area contributed by atoms with Gasteiger partial charge in [-0.05, 0) is 18.6 Å².